The van der Waals surface area contributed by atoms with Crippen molar-refractivity contribution in [3.63, 3.8) is 0 Å². The van der Waals surface area contributed by atoms with Crippen molar-refractivity contribution in [2.75, 3.05) is 13.6 Å². The van der Waals surface area contributed by atoms with Crippen molar-refractivity contribution in [1.82, 2.24) is 15.2 Å². The smallest absolute Gasteiger partial charge is 0.0309 e. The molecule has 1 N–H and O–H groups in total. The fourth-order valence-electron chi connectivity index (χ4n) is 2.84. The fourth-order valence-corrected chi connectivity index (χ4v) is 2.84. The highest BCUT2D eigenvalue weighted by Gasteiger charge is 2.37. The molecule has 17 heavy (non-hydrogen) atoms. The van der Waals surface area contributed by atoms with Crippen LogP contribution in [0.4, 0.5) is 0 Å². The highest BCUT2D eigenvalue weighted by Crippen LogP contribution is 2.29. The number of aromatic nitrogens is 1. The van der Waals surface area contributed by atoms with E-state index in [0.29, 0.717) is 6.04 Å². The Kier molecular flexibility index (Phi) is 3.79. The molecule has 3 heteroatoms. The SMILES string of the molecule is CNC1CCCN(Cc2ccncc2)C1(C)C. The van der Waals surface area contributed by atoms with Crippen molar-refractivity contribution in [2.45, 2.75) is 44.8 Å². The van der Waals surface area contributed by atoms with Crippen molar-refractivity contribution in [3.05, 3.63) is 30.1 Å². The van der Waals surface area contributed by atoms with Crippen LogP contribution in [0.3, 0.4) is 0 Å². The van der Waals surface area contributed by atoms with Gasteiger partial charge in [-0.25, -0.2) is 0 Å². The van der Waals surface area contributed by atoms with E-state index in [9.17, 15) is 0 Å². The van der Waals surface area contributed by atoms with Gasteiger partial charge in [0.05, 0.1) is 0 Å². The largest absolute Gasteiger partial charge is 0.315 e. The Morgan fingerprint density at radius 1 is 1.41 bits per heavy atom. The van der Waals surface area contributed by atoms with Gasteiger partial charge in [0.25, 0.3) is 0 Å². The Hall–Kier alpha value is -0.930. The van der Waals surface area contributed by atoms with Gasteiger partial charge in [0.15, 0.2) is 0 Å². The van der Waals surface area contributed by atoms with E-state index in [1.807, 2.05) is 12.4 Å². The summed E-state index contributed by atoms with van der Waals surface area (Å²) in [6.07, 6.45) is 6.31. The van der Waals surface area contributed by atoms with E-state index in [-0.39, 0.29) is 5.54 Å². The molecule has 0 spiro atoms. The maximum atomic E-state index is 4.08. The number of nitrogens with one attached hydrogen (secondary N) is 1. The molecule has 0 bridgehead atoms. The van der Waals surface area contributed by atoms with Crippen LogP contribution in [-0.2, 0) is 6.54 Å². The van der Waals surface area contributed by atoms with Gasteiger partial charge in [0.2, 0.25) is 0 Å². The molecule has 0 saturated carbocycles. The topological polar surface area (TPSA) is 28.2 Å². The van der Waals surface area contributed by atoms with E-state index in [0.717, 1.165) is 6.54 Å². The molecule has 2 rings (SSSR count). The van der Waals surface area contributed by atoms with E-state index < -0.39 is 0 Å². The molecule has 2 heterocycles. The summed E-state index contributed by atoms with van der Waals surface area (Å²) in [5, 5.41) is 3.46. The second-order valence-corrected chi connectivity index (χ2v) is 5.41. The fraction of sp³-hybridized carbons (Fsp3) is 0.643. The van der Waals surface area contributed by atoms with Crippen LogP contribution in [0.2, 0.25) is 0 Å². The number of likely N-dealkylation sites (N-methyl/N-ethyl adjacent to an activating group) is 1. The van der Waals surface area contributed by atoms with Gasteiger partial charge in [0.1, 0.15) is 0 Å². The molecule has 1 aliphatic rings. The number of rotatable bonds is 3. The standard InChI is InChI=1S/C14H23N3/c1-14(2)13(15-3)5-4-10-17(14)11-12-6-8-16-9-7-12/h6-9,13,15H,4-5,10-11H2,1-3H3. The minimum atomic E-state index is 0.219. The minimum absolute atomic E-state index is 0.219. The number of piperidine rings is 1. The van der Waals surface area contributed by atoms with Gasteiger partial charge in [-0.15, -0.1) is 0 Å². The first-order chi connectivity index (χ1) is 8.14. The highest BCUT2D eigenvalue weighted by molar-refractivity contribution is 5.11. The number of nitrogens with zero attached hydrogens (tertiary/aromatic N) is 2. The van der Waals surface area contributed by atoms with Gasteiger partial charge in [-0.1, -0.05) is 0 Å². The molecule has 3 nitrogen and oxygen atoms in total. The monoisotopic (exact) mass is 233 g/mol. The third kappa shape index (κ3) is 2.67. The third-order valence-corrected chi connectivity index (χ3v) is 4.06. The van der Waals surface area contributed by atoms with Crippen LogP contribution in [0, 0.1) is 0 Å². The summed E-state index contributed by atoms with van der Waals surface area (Å²) in [6, 6.07) is 4.80. The number of hydrogen-bond donors (Lipinski definition) is 1. The lowest BCUT2D eigenvalue weighted by atomic mass is 9.84. The lowest BCUT2D eigenvalue weighted by Crippen LogP contribution is -2.59. The summed E-state index contributed by atoms with van der Waals surface area (Å²) in [6.45, 7) is 6.89. The third-order valence-electron chi connectivity index (χ3n) is 4.06. The summed E-state index contributed by atoms with van der Waals surface area (Å²) in [4.78, 5) is 6.65. The Morgan fingerprint density at radius 2 is 2.12 bits per heavy atom. The Bertz CT molecular complexity index is 348. The average molecular weight is 233 g/mol. The normalized spacial score (nSPS) is 24.8. The first kappa shape index (κ1) is 12.5. The number of likely N-dealkylation sites (tertiary alicyclic amines) is 1. The molecule has 1 aromatic heterocycles. The Balaban J connectivity index is 2.10. The van der Waals surface area contributed by atoms with Crippen molar-refractivity contribution in [2.24, 2.45) is 0 Å². The Labute approximate surface area is 104 Å². The van der Waals surface area contributed by atoms with Gasteiger partial charge in [-0.2, -0.15) is 0 Å². The Morgan fingerprint density at radius 3 is 2.76 bits per heavy atom. The molecule has 1 aromatic rings. The number of hydrogen-bond acceptors (Lipinski definition) is 3. The van der Waals surface area contributed by atoms with Gasteiger partial charge in [-0.3, -0.25) is 9.88 Å². The minimum Gasteiger partial charge on any atom is -0.315 e. The lowest BCUT2D eigenvalue weighted by molar-refractivity contribution is 0.0387. The quantitative estimate of drug-likeness (QED) is 0.866. The molecule has 0 aliphatic carbocycles. The van der Waals surface area contributed by atoms with E-state index in [1.54, 1.807) is 0 Å². The molecule has 1 unspecified atom stereocenters. The van der Waals surface area contributed by atoms with Gasteiger partial charge in [0, 0.05) is 30.5 Å². The van der Waals surface area contributed by atoms with Crippen LogP contribution in [0.15, 0.2) is 24.5 Å². The maximum Gasteiger partial charge on any atom is 0.0309 e. The van der Waals surface area contributed by atoms with Crippen LogP contribution in [0.1, 0.15) is 32.3 Å². The maximum absolute atomic E-state index is 4.08. The first-order valence-corrected chi connectivity index (χ1v) is 6.46. The summed E-state index contributed by atoms with van der Waals surface area (Å²) in [5.41, 5.74) is 1.57. The molecule has 0 radical (unpaired) electrons. The molecule has 1 fully saturated rings. The number of pyridine rings is 1. The highest BCUT2D eigenvalue weighted by atomic mass is 15.2. The van der Waals surface area contributed by atoms with Crippen LogP contribution < -0.4 is 5.32 Å². The van der Waals surface area contributed by atoms with E-state index in [2.05, 4.69) is 48.2 Å². The molecule has 0 amide bonds. The second kappa shape index (κ2) is 5.15. The molecule has 1 saturated heterocycles. The van der Waals surface area contributed by atoms with Crippen LogP contribution in [0.25, 0.3) is 0 Å². The van der Waals surface area contributed by atoms with Crippen molar-refractivity contribution >= 4 is 0 Å². The molecule has 1 atom stereocenters. The first-order valence-electron chi connectivity index (χ1n) is 6.46. The van der Waals surface area contributed by atoms with Gasteiger partial charge < -0.3 is 5.32 Å². The zero-order valence-corrected chi connectivity index (χ0v) is 11.1. The van der Waals surface area contributed by atoms with Crippen molar-refractivity contribution in [3.8, 4) is 0 Å². The second-order valence-electron chi connectivity index (χ2n) is 5.41. The molecule has 0 aromatic carbocycles. The van der Waals surface area contributed by atoms with Crippen LogP contribution in [0.5, 0.6) is 0 Å². The van der Waals surface area contributed by atoms with Gasteiger partial charge >= 0.3 is 0 Å². The molecular weight excluding hydrogens is 210 g/mol. The van der Waals surface area contributed by atoms with E-state index in [4.69, 9.17) is 0 Å². The molecular formula is C14H23N3. The van der Waals surface area contributed by atoms with Gasteiger partial charge in [-0.05, 0) is 58.0 Å². The average Bonchev–Trinajstić information content (AvgIpc) is 2.33. The summed E-state index contributed by atoms with van der Waals surface area (Å²) in [5.74, 6) is 0. The van der Waals surface area contributed by atoms with Crippen molar-refractivity contribution in [1.29, 1.82) is 0 Å². The predicted octanol–water partition coefficient (Wildman–Crippen LogP) is 2.04. The van der Waals surface area contributed by atoms with Crippen LogP contribution >= 0.6 is 0 Å². The van der Waals surface area contributed by atoms with E-state index >= 15 is 0 Å². The lowest BCUT2D eigenvalue weighted by Gasteiger charge is -2.48. The zero-order chi connectivity index (χ0) is 12.3. The predicted molar refractivity (Wildman–Crippen MR) is 70.8 cm³/mol. The molecule has 1 aliphatic heterocycles. The summed E-state index contributed by atoms with van der Waals surface area (Å²) in [7, 11) is 2.07. The zero-order valence-electron chi connectivity index (χ0n) is 11.1. The van der Waals surface area contributed by atoms with Crippen molar-refractivity contribution < 1.29 is 0 Å². The summed E-state index contributed by atoms with van der Waals surface area (Å²) >= 11 is 0. The van der Waals surface area contributed by atoms with E-state index in [1.165, 1.54) is 24.9 Å². The molecule has 94 valence electrons. The summed E-state index contributed by atoms with van der Waals surface area (Å²) < 4.78 is 0. The van der Waals surface area contributed by atoms with Crippen LogP contribution in [-0.4, -0.2) is 35.1 Å².